The van der Waals surface area contributed by atoms with E-state index in [1.165, 1.54) is 6.42 Å². The Morgan fingerprint density at radius 1 is 1.39 bits per heavy atom. The van der Waals surface area contributed by atoms with Gasteiger partial charge in [-0.3, -0.25) is 4.79 Å². The Morgan fingerprint density at radius 2 is 2.11 bits per heavy atom. The molecule has 0 radical (unpaired) electrons. The molecule has 0 aromatic rings. The van der Waals surface area contributed by atoms with Crippen LogP contribution in [0.1, 0.15) is 59.8 Å². The SMILES string of the molecule is CCCNC1(C(=O)OCC)CCCCC1C(C)C. The molecule has 2 atom stereocenters. The Balaban J connectivity index is 2.94. The van der Waals surface area contributed by atoms with Crippen LogP contribution in [0.5, 0.6) is 0 Å². The fourth-order valence-electron chi connectivity index (χ4n) is 3.26. The smallest absolute Gasteiger partial charge is 0.326 e. The highest BCUT2D eigenvalue weighted by molar-refractivity contribution is 5.81. The molecule has 0 aromatic carbocycles. The number of carbonyl (C=O) groups is 1. The minimum atomic E-state index is -0.432. The molecular formula is C15H29NO2. The van der Waals surface area contributed by atoms with E-state index in [4.69, 9.17) is 4.74 Å². The van der Waals surface area contributed by atoms with Gasteiger partial charge in [-0.1, -0.05) is 33.6 Å². The van der Waals surface area contributed by atoms with Crippen LogP contribution in [0.25, 0.3) is 0 Å². The average molecular weight is 255 g/mol. The maximum absolute atomic E-state index is 12.5. The summed E-state index contributed by atoms with van der Waals surface area (Å²) in [5, 5.41) is 3.53. The molecule has 18 heavy (non-hydrogen) atoms. The second-order valence-corrected chi connectivity index (χ2v) is 5.71. The van der Waals surface area contributed by atoms with Crippen molar-refractivity contribution in [3.63, 3.8) is 0 Å². The molecule has 106 valence electrons. The van der Waals surface area contributed by atoms with Gasteiger partial charge < -0.3 is 10.1 Å². The molecule has 1 rings (SSSR count). The highest BCUT2D eigenvalue weighted by atomic mass is 16.5. The van der Waals surface area contributed by atoms with E-state index in [1.807, 2.05) is 6.92 Å². The number of esters is 1. The van der Waals surface area contributed by atoms with Gasteiger partial charge in [0.05, 0.1) is 6.61 Å². The lowest BCUT2D eigenvalue weighted by atomic mass is 9.67. The molecule has 0 aliphatic heterocycles. The van der Waals surface area contributed by atoms with Crippen LogP contribution in [0, 0.1) is 11.8 Å². The molecule has 0 bridgehead atoms. The van der Waals surface area contributed by atoms with Gasteiger partial charge in [0.1, 0.15) is 5.54 Å². The molecule has 0 saturated heterocycles. The number of hydrogen-bond acceptors (Lipinski definition) is 3. The van der Waals surface area contributed by atoms with Crippen LogP contribution in [0.4, 0.5) is 0 Å². The summed E-state index contributed by atoms with van der Waals surface area (Å²) in [5.41, 5.74) is -0.432. The average Bonchev–Trinajstić information content (AvgIpc) is 2.36. The summed E-state index contributed by atoms with van der Waals surface area (Å²) in [6.45, 7) is 9.83. The molecule has 0 amide bonds. The standard InChI is InChI=1S/C15H29NO2/c1-5-11-16-15(14(17)18-6-2)10-8-7-9-13(15)12(3)4/h12-13,16H,5-11H2,1-4H3. The molecule has 0 spiro atoms. The first kappa shape index (κ1) is 15.5. The quantitative estimate of drug-likeness (QED) is 0.741. The molecular weight excluding hydrogens is 226 g/mol. The molecule has 1 N–H and O–H groups in total. The zero-order valence-electron chi connectivity index (χ0n) is 12.4. The Morgan fingerprint density at radius 3 is 2.67 bits per heavy atom. The van der Waals surface area contributed by atoms with Crippen molar-refractivity contribution >= 4 is 5.97 Å². The number of carbonyl (C=O) groups excluding carboxylic acids is 1. The zero-order valence-corrected chi connectivity index (χ0v) is 12.4. The summed E-state index contributed by atoms with van der Waals surface area (Å²) in [6, 6.07) is 0. The Kier molecular flexibility index (Phi) is 6.13. The van der Waals surface area contributed by atoms with Crippen LogP contribution in [-0.2, 0) is 9.53 Å². The monoisotopic (exact) mass is 255 g/mol. The molecule has 1 saturated carbocycles. The van der Waals surface area contributed by atoms with Gasteiger partial charge >= 0.3 is 5.97 Å². The molecule has 3 heteroatoms. The van der Waals surface area contributed by atoms with Crippen molar-refractivity contribution in [1.82, 2.24) is 5.32 Å². The number of hydrogen-bond donors (Lipinski definition) is 1. The normalized spacial score (nSPS) is 28.4. The second kappa shape index (κ2) is 7.13. The summed E-state index contributed by atoms with van der Waals surface area (Å²) in [4.78, 5) is 12.5. The van der Waals surface area contributed by atoms with Crippen molar-refractivity contribution in [1.29, 1.82) is 0 Å². The third kappa shape index (κ3) is 3.25. The highest BCUT2D eigenvalue weighted by Crippen LogP contribution is 2.39. The van der Waals surface area contributed by atoms with E-state index in [0.717, 1.165) is 32.2 Å². The number of ether oxygens (including phenoxy) is 1. The van der Waals surface area contributed by atoms with Crippen LogP contribution in [0.3, 0.4) is 0 Å². The van der Waals surface area contributed by atoms with E-state index < -0.39 is 5.54 Å². The van der Waals surface area contributed by atoms with Crippen LogP contribution >= 0.6 is 0 Å². The van der Waals surface area contributed by atoms with Gasteiger partial charge in [0.25, 0.3) is 0 Å². The fraction of sp³-hybridized carbons (Fsp3) is 0.933. The predicted octanol–water partition coefficient (Wildman–Crippen LogP) is 3.13. The molecule has 0 aromatic heterocycles. The lowest BCUT2D eigenvalue weighted by Crippen LogP contribution is -2.61. The second-order valence-electron chi connectivity index (χ2n) is 5.71. The van der Waals surface area contributed by atoms with Crippen LogP contribution in [-0.4, -0.2) is 24.7 Å². The lowest BCUT2D eigenvalue weighted by Gasteiger charge is -2.44. The van der Waals surface area contributed by atoms with E-state index in [-0.39, 0.29) is 5.97 Å². The van der Waals surface area contributed by atoms with E-state index in [2.05, 4.69) is 26.1 Å². The van der Waals surface area contributed by atoms with E-state index >= 15 is 0 Å². The van der Waals surface area contributed by atoms with Gasteiger partial charge in [-0.2, -0.15) is 0 Å². The van der Waals surface area contributed by atoms with Gasteiger partial charge in [-0.15, -0.1) is 0 Å². The maximum atomic E-state index is 12.5. The molecule has 1 aliphatic rings. The topological polar surface area (TPSA) is 38.3 Å². The van der Waals surface area contributed by atoms with E-state index in [9.17, 15) is 4.79 Å². The summed E-state index contributed by atoms with van der Waals surface area (Å²) in [6.07, 6.45) is 5.46. The fourth-order valence-corrected chi connectivity index (χ4v) is 3.26. The van der Waals surface area contributed by atoms with Gasteiger partial charge in [0.2, 0.25) is 0 Å². The van der Waals surface area contributed by atoms with Gasteiger partial charge in [0.15, 0.2) is 0 Å². The molecule has 2 unspecified atom stereocenters. The minimum absolute atomic E-state index is 0.0307. The Labute approximate surface area is 112 Å². The summed E-state index contributed by atoms with van der Waals surface area (Å²) >= 11 is 0. The van der Waals surface area contributed by atoms with E-state index in [1.54, 1.807) is 0 Å². The Hall–Kier alpha value is -0.570. The third-order valence-electron chi connectivity index (χ3n) is 4.10. The van der Waals surface area contributed by atoms with Crippen molar-refractivity contribution in [3.05, 3.63) is 0 Å². The highest BCUT2D eigenvalue weighted by Gasteiger charge is 2.48. The van der Waals surface area contributed by atoms with Crippen molar-refractivity contribution in [2.45, 2.75) is 65.3 Å². The summed E-state index contributed by atoms with van der Waals surface area (Å²) in [5.74, 6) is 0.882. The van der Waals surface area contributed by atoms with Crippen molar-refractivity contribution in [2.75, 3.05) is 13.2 Å². The van der Waals surface area contributed by atoms with Crippen molar-refractivity contribution < 1.29 is 9.53 Å². The van der Waals surface area contributed by atoms with Gasteiger partial charge in [-0.25, -0.2) is 0 Å². The molecule has 1 aliphatic carbocycles. The third-order valence-corrected chi connectivity index (χ3v) is 4.10. The van der Waals surface area contributed by atoms with Crippen LogP contribution in [0.2, 0.25) is 0 Å². The van der Waals surface area contributed by atoms with Crippen LogP contribution < -0.4 is 5.32 Å². The van der Waals surface area contributed by atoms with E-state index in [0.29, 0.717) is 18.4 Å². The van der Waals surface area contributed by atoms with Crippen molar-refractivity contribution in [3.8, 4) is 0 Å². The lowest BCUT2D eigenvalue weighted by molar-refractivity contribution is -0.157. The van der Waals surface area contributed by atoms with Crippen molar-refractivity contribution in [2.24, 2.45) is 11.8 Å². The first-order valence-electron chi connectivity index (χ1n) is 7.50. The largest absolute Gasteiger partial charge is 0.465 e. The summed E-state index contributed by atoms with van der Waals surface area (Å²) < 4.78 is 5.36. The summed E-state index contributed by atoms with van der Waals surface area (Å²) in [7, 11) is 0. The number of nitrogens with one attached hydrogen (secondary N) is 1. The first-order chi connectivity index (χ1) is 8.58. The van der Waals surface area contributed by atoms with Gasteiger partial charge in [0, 0.05) is 0 Å². The minimum Gasteiger partial charge on any atom is -0.465 e. The molecule has 3 nitrogen and oxygen atoms in total. The predicted molar refractivity (Wildman–Crippen MR) is 74.5 cm³/mol. The van der Waals surface area contributed by atoms with Gasteiger partial charge in [-0.05, 0) is 44.6 Å². The molecule has 0 heterocycles. The molecule has 1 fully saturated rings. The first-order valence-corrected chi connectivity index (χ1v) is 7.50. The number of rotatable bonds is 6. The van der Waals surface area contributed by atoms with Crippen LogP contribution in [0.15, 0.2) is 0 Å². The zero-order chi connectivity index (χ0) is 13.6. The Bertz CT molecular complexity index is 265. The maximum Gasteiger partial charge on any atom is 0.326 e.